The zero-order chi connectivity index (χ0) is 20.3. The number of hydrogen-bond donors (Lipinski definition) is 0. The molecule has 0 bridgehead atoms. The van der Waals surface area contributed by atoms with Crippen molar-refractivity contribution in [1.82, 2.24) is 10.1 Å². The van der Waals surface area contributed by atoms with Crippen LogP contribution < -0.4 is 4.74 Å². The van der Waals surface area contributed by atoms with E-state index in [1.165, 1.54) is 18.2 Å². The van der Waals surface area contributed by atoms with Gasteiger partial charge in [0.2, 0.25) is 5.89 Å². The van der Waals surface area contributed by atoms with Crippen LogP contribution in [0.3, 0.4) is 0 Å². The van der Waals surface area contributed by atoms with E-state index < -0.39 is 9.84 Å². The number of benzene rings is 2. The first-order chi connectivity index (χ1) is 13.3. The number of nitrogens with zero attached hydrogens (tertiary/aromatic N) is 2. The zero-order valence-electron chi connectivity index (χ0n) is 16.5. The van der Waals surface area contributed by atoms with Crippen LogP contribution in [0.4, 0.5) is 0 Å². The number of methoxy groups -OCH3 is 1. The number of aromatic nitrogens is 2. The maximum atomic E-state index is 11.8. The molecular formula is C21H24N2O4S. The van der Waals surface area contributed by atoms with Gasteiger partial charge in [0.1, 0.15) is 10.6 Å². The highest BCUT2D eigenvalue weighted by atomic mass is 32.2. The van der Waals surface area contributed by atoms with Gasteiger partial charge in [-0.15, -0.1) is 0 Å². The Kier molecular flexibility index (Phi) is 5.84. The summed E-state index contributed by atoms with van der Waals surface area (Å²) in [5, 5.41) is 4.06. The fourth-order valence-electron chi connectivity index (χ4n) is 3.27. The maximum Gasteiger partial charge on any atom is 0.227 e. The van der Waals surface area contributed by atoms with Crippen LogP contribution >= 0.6 is 0 Å². The zero-order valence-corrected chi connectivity index (χ0v) is 17.3. The fraction of sp³-hybridized carbons (Fsp3) is 0.333. The molecule has 1 aromatic heterocycles. The molecule has 0 N–H and O–H groups in total. The van der Waals surface area contributed by atoms with Crippen molar-refractivity contribution in [3.8, 4) is 5.75 Å². The molecule has 0 radical (unpaired) electrons. The van der Waals surface area contributed by atoms with Gasteiger partial charge in [-0.2, -0.15) is 4.98 Å². The maximum absolute atomic E-state index is 11.8. The van der Waals surface area contributed by atoms with Crippen LogP contribution in [0.15, 0.2) is 51.9 Å². The normalized spacial score (nSPS) is 12.7. The Balaban J connectivity index is 1.74. The lowest BCUT2D eigenvalue weighted by atomic mass is 9.94. The summed E-state index contributed by atoms with van der Waals surface area (Å²) in [5.74, 6) is 1.73. The molecule has 7 heteroatoms. The Bertz CT molecular complexity index is 1070. The molecule has 1 heterocycles. The Morgan fingerprint density at radius 2 is 1.93 bits per heavy atom. The highest BCUT2D eigenvalue weighted by molar-refractivity contribution is 7.90. The largest absolute Gasteiger partial charge is 0.495 e. The van der Waals surface area contributed by atoms with E-state index in [0.717, 1.165) is 11.8 Å². The molecule has 3 aromatic rings. The molecule has 0 fully saturated rings. The van der Waals surface area contributed by atoms with Crippen molar-refractivity contribution < 1.29 is 17.7 Å². The molecule has 2 aromatic carbocycles. The highest BCUT2D eigenvalue weighted by Crippen LogP contribution is 2.26. The molecule has 0 spiro atoms. The summed E-state index contributed by atoms with van der Waals surface area (Å²) in [6, 6.07) is 13.3. The lowest BCUT2D eigenvalue weighted by Crippen LogP contribution is -2.02. The number of ether oxygens (including phenoxy) is 1. The van der Waals surface area contributed by atoms with Gasteiger partial charge in [-0.1, -0.05) is 42.4 Å². The number of rotatable bonds is 7. The van der Waals surface area contributed by atoms with Crippen LogP contribution in [0.25, 0.3) is 0 Å². The van der Waals surface area contributed by atoms with Gasteiger partial charge in [0.15, 0.2) is 15.7 Å². The quantitative estimate of drug-likeness (QED) is 0.601. The second-order valence-electron chi connectivity index (χ2n) is 7.00. The predicted molar refractivity (Wildman–Crippen MR) is 107 cm³/mol. The van der Waals surface area contributed by atoms with E-state index in [0.29, 0.717) is 30.3 Å². The molecule has 6 nitrogen and oxygen atoms in total. The lowest BCUT2D eigenvalue weighted by Gasteiger charge is -2.11. The van der Waals surface area contributed by atoms with Gasteiger partial charge < -0.3 is 9.26 Å². The van der Waals surface area contributed by atoms with Crippen molar-refractivity contribution in [3.05, 3.63) is 70.9 Å². The second kappa shape index (κ2) is 8.14. The molecule has 0 aliphatic heterocycles. The third kappa shape index (κ3) is 4.59. The van der Waals surface area contributed by atoms with Gasteiger partial charge in [0.05, 0.1) is 7.11 Å². The van der Waals surface area contributed by atoms with Crippen LogP contribution in [0.1, 0.15) is 41.2 Å². The third-order valence-electron chi connectivity index (χ3n) is 4.70. The third-order valence-corrected chi connectivity index (χ3v) is 5.84. The van der Waals surface area contributed by atoms with Crippen LogP contribution in [0, 0.1) is 6.92 Å². The fourth-order valence-corrected chi connectivity index (χ4v) is 4.09. The van der Waals surface area contributed by atoms with Gasteiger partial charge in [-0.3, -0.25) is 0 Å². The molecule has 0 aliphatic rings. The number of aryl methyl sites for hydroxylation is 1. The Morgan fingerprint density at radius 3 is 2.61 bits per heavy atom. The average Bonchev–Trinajstić information content (AvgIpc) is 3.07. The minimum Gasteiger partial charge on any atom is -0.495 e. The first-order valence-corrected chi connectivity index (χ1v) is 10.9. The summed E-state index contributed by atoms with van der Waals surface area (Å²) in [6.45, 7) is 4.24. The minimum absolute atomic E-state index is 0.166. The van der Waals surface area contributed by atoms with E-state index in [1.54, 1.807) is 18.2 Å². The van der Waals surface area contributed by atoms with Crippen molar-refractivity contribution in [2.75, 3.05) is 13.4 Å². The molecule has 1 atom stereocenters. The Hall–Kier alpha value is -2.67. The molecule has 0 aliphatic carbocycles. The van der Waals surface area contributed by atoms with Crippen molar-refractivity contribution >= 4 is 9.84 Å². The van der Waals surface area contributed by atoms with Crippen LogP contribution in [0.2, 0.25) is 0 Å². The van der Waals surface area contributed by atoms with Gasteiger partial charge in [-0.25, -0.2) is 8.42 Å². The molecule has 3 rings (SSSR count). The van der Waals surface area contributed by atoms with Crippen molar-refractivity contribution in [2.45, 2.75) is 37.5 Å². The summed E-state index contributed by atoms with van der Waals surface area (Å²) in [6.07, 6.45) is 2.25. The summed E-state index contributed by atoms with van der Waals surface area (Å²) in [5.41, 5.74) is 3.36. The van der Waals surface area contributed by atoms with Gasteiger partial charge in [-0.05, 0) is 41.7 Å². The average molecular weight is 401 g/mol. The monoisotopic (exact) mass is 400 g/mol. The SMILES string of the molecule is COc1cc(Cc2noc(CC(C)c3ccccc3C)n2)ccc1S(C)(=O)=O. The van der Waals surface area contributed by atoms with Crippen molar-refractivity contribution in [2.24, 2.45) is 0 Å². The molecule has 0 saturated carbocycles. The van der Waals surface area contributed by atoms with Crippen LogP contribution in [-0.2, 0) is 22.7 Å². The lowest BCUT2D eigenvalue weighted by molar-refractivity contribution is 0.367. The van der Waals surface area contributed by atoms with Gasteiger partial charge >= 0.3 is 0 Å². The van der Waals surface area contributed by atoms with E-state index in [-0.39, 0.29) is 10.8 Å². The second-order valence-corrected chi connectivity index (χ2v) is 8.98. The van der Waals surface area contributed by atoms with Crippen molar-refractivity contribution in [3.63, 3.8) is 0 Å². The van der Waals surface area contributed by atoms with E-state index in [4.69, 9.17) is 9.26 Å². The van der Waals surface area contributed by atoms with E-state index in [1.807, 2.05) is 12.1 Å². The summed E-state index contributed by atoms with van der Waals surface area (Å²) in [4.78, 5) is 4.66. The first-order valence-electron chi connectivity index (χ1n) is 9.02. The highest BCUT2D eigenvalue weighted by Gasteiger charge is 2.17. The first kappa shape index (κ1) is 20.1. The van der Waals surface area contributed by atoms with Gasteiger partial charge in [0, 0.05) is 19.1 Å². The van der Waals surface area contributed by atoms with Crippen LogP contribution in [-0.4, -0.2) is 31.9 Å². The molecule has 1 unspecified atom stereocenters. The van der Waals surface area contributed by atoms with E-state index >= 15 is 0 Å². The predicted octanol–water partition coefficient (Wildman–Crippen LogP) is 3.73. The van der Waals surface area contributed by atoms with Gasteiger partial charge in [0.25, 0.3) is 0 Å². The molecule has 0 amide bonds. The van der Waals surface area contributed by atoms with Crippen molar-refractivity contribution in [1.29, 1.82) is 0 Å². The Labute approximate surface area is 165 Å². The van der Waals surface area contributed by atoms with E-state index in [9.17, 15) is 8.42 Å². The topological polar surface area (TPSA) is 82.3 Å². The standard InChI is InChI=1S/C21H24N2O4S/c1-14-7-5-6-8-17(14)15(2)11-21-22-20(23-27-21)13-16-9-10-19(28(4,24)25)18(12-16)26-3/h5-10,12,15H,11,13H2,1-4H3. The molecule has 148 valence electrons. The van der Waals surface area contributed by atoms with E-state index in [2.05, 4.69) is 36.1 Å². The number of sulfone groups is 1. The van der Waals surface area contributed by atoms with Crippen LogP contribution in [0.5, 0.6) is 5.75 Å². The number of hydrogen-bond acceptors (Lipinski definition) is 6. The smallest absolute Gasteiger partial charge is 0.227 e. The summed E-state index contributed by atoms with van der Waals surface area (Å²) >= 11 is 0. The summed E-state index contributed by atoms with van der Waals surface area (Å²) in [7, 11) is -1.90. The molecular weight excluding hydrogens is 376 g/mol. The molecule has 28 heavy (non-hydrogen) atoms. The summed E-state index contributed by atoms with van der Waals surface area (Å²) < 4.78 is 34.3. The minimum atomic E-state index is -3.35. The Morgan fingerprint density at radius 1 is 1.18 bits per heavy atom. The molecule has 0 saturated heterocycles.